The van der Waals surface area contributed by atoms with Crippen molar-refractivity contribution in [3.63, 3.8) is 0 Å². The SMILES string of the molecule is CC(C(=O)NCCCC(C(=O)O)N1CCN(CC=O)CCN(CC(=O)O)CCN(CC(=O)O)CC1)c1ccc(N2Cc3ccccc3C2=O)cc1. The van der Waals surface area contributed by atoms with Gasteiger partial charge in [-0.1, -0.05) is 30.3 Å². The van der Waals surface area contributed by atoms with Crippen LogP contribution >= 0.6 is 0 Å². The van der Waals surface area contributed by atoms with Crippen LogP contribution in [0.1, 0.15) is 47.2 Å². The number of carbonyl (C=O) groups excluding carboxylic acids is 3. The van der Waals surface area contributed by atoms with Crippen molar-refractivity contribution < 1.29 is 44.1 Å². The van der Waals surface area contributed by atoms with Crippen LogP contribution < -0.4 is 10.2 Å². The molecule has 15 nitrogen and oxygen atoms in total. The van der Waals surface area contributed by atoms with Crippen molar-refractivity contribution in [2.24, 2.45) is 0 Å². The van der Waals surface area contributed by atoms with Gasteiger partial charge in [0.05, 0.1) is 32.1 Å². The summed E-state index contributed by atoms with van der Waals surface area (Å²) in [4.78, 5) is 81.5. The normalized spacial score (nSPS) is 18.2. The lowest BCUT2D eigenvalue weighted by molar-refractivity contribution is -0.144. The predicted molar refractivity (Wildman–Crippen MR) is 188 cm³/mol. The Balaban J connectivity index is 1.33. The topological polar surface area (TPSA) is 191 Å². The smallest absolute Gasteiger partial charge is 0.320 e. The summed E-state index contributed by atoms with van der Waals surface area (Å²) >= 11 is 0. The van der Waals surface area contributed by atoms with Crippen LogP contribution in [-0.4, -0.2) is 156 Å². The van der Waals surface area contributed by atoms with Crippen LogP contribution in [0.3, 0.4) is 0 Å². The molecule has 0 radical (unpaired) electrons. The number of hydrogen-bond acceptors (Lipinski definition) is 10. The number of carbonyl (C=O) groups is 6. The quantitative estimate of drug-likeness (QED) is 0.151. The van der Waals surface area contributed by atoms with E-state index in [1.807, 2.05) is 53.4 Å². The van der Waals surface area contributed by atoms with Crippen LogP contribution in [0.2, 0.25) is 0 Å². The van der Waals surface area contributed by atoms with Crippen LogP contribution in [0.4, 0.5) is 5.69 Å². The Morgan fingerprint density at radius 3 is 1.94 bits per heavy atom. The van der Waals surface area contributed by atoms with Gasteiger partial charge < -0.3 is 30.3 Å². The van der Waals surface area contributed by atoms with E-state index in [2.05, 4.69) is 5.32 Å². The average molecular weight is 709 g/mol. The van der Waals surface area contributed by atoms with Crippen molar-refractivity contribution in [3.8, 4) is 0 Å². The number of benzene rings is 2. The van der Waals surface area contributed by atoms with Gasteiger partial charge in [0.1, 0.15) is 12.3 Å². The van der Waals surface area contributed by atoms with Crippen molar-refractivity contribution in [1.82, 2.24) is 24.9 Å². The minimum atomic E-state index is -1.04. The maximum atomic E-state index is 13.1. The number of fused-ring (bicyclic) bond motifs is 1. The van der Waals surface area contributed by atoms with Gasteiger partial charge in [-0.2, -0.15) is 0 Å². The molecule has 2 aliphatic heterocycles. The third-order valence-corrected chi connectivity index (χ3v) is 9.52. The number of amides is 2. The van der Waals surface area contributed by atoms with Crippen LogP contribution in [0.25, 0.3) is 0 Å². The van der Waals surface area contributed by atoms with Crippen LogP contribution in [0.15, 0.2) is 48.5 Å². The Bertz CT molecular complexity index is 1540. The number of aliphatic carboxylic acids is 3. The molecule has 276 valence electrons. The second-order valence-corrected chi connectivity index (χ2v) is 13.0. The minimum absolute atomic E-state index is 0.0586. The maximum absolute atomic E-state index is 13.1. The van der Waals surface area contributed by atoms with Gasteiger partial charge in [0.15, 0.2) is 0 Å². The highest BCUT2D eigenvalue weighted by Crippen LogP contribution is 2.29. The summed E-state index contributed by atoms with van der Waals surface area (Å²) in [6.45, 7) is 4.57. The van der Waals surface area contributed by atoms with E-state index in [1.165, 1.54) is 0 Å². The summed E-state index contributed by atoms with van der Waals surface area (Å²) in [5.74, 6) is -3.84. The van der Waals surface area contributed by atoms with Crippen molar-refractivity contribution in [1.29, 1.82) is 0 Å². The third-order valence-electron chi connectivity index (χ3n) is 9.52. The lowest BCUT2D eigenvalue weighted by Gasteiger charge is -2.35. The largest absolute Gasteiger partial charge is 0.480 e. The van der Waals surface area contributed by atoms with Gasteiger partial charge in [-0.25, -0.2) is 0 Å². The van der Waals surface area contributed by atoms with E-state index < -0.39 is 29.9 Å². The van der Waals surface area contributed by atoms with Gasteiger partial charge in [-0.05, 0) is 49.1 Å². The zero-order valence-corrected chi connectivity index (χ0v) is 29.0. The first-order chi connectivity index (χ1) is 24.5. The number of nitrogens with zero attached hydrogens (tertiary/aromatic N) is 5. The van der Waals surface area contributed by atoms with E-state index in [9.17, 15) is 44.1 Å². The minimum Gasteiger partial charge on any atom is -0.480 e. The Hall–Kier alpha value is -4.70. The summed E-state index contributed by atoms with van der Waals surface area (Å²) in [7, 11) is 0. The van der Waals surface area contributed by atoms with Gasteiger partial charge in [-0.15, -0.1) is 0 Å². The van der Waals surface area contributed by atoms with Crippen molar-refractivity contribution >= 4 is 41.7 Å². The maximum Gasteiger partial charge on any atom is 0.320 e. The summed E-state index contributed by atoms with van der Waals surface area (Å²) in [5, 5.41) is 32.0. The van der Waals surface area contributed by atoms with Crippen molar-refractivity contribution in [3.05, 3.63) is 65.2 Å². The molecular formula is C36H48N6O9. The molecule has 2 aromatic carbocycles. The number of aldehydes is 1. The second-order valence-electron chi connectivity index (χ2n) is 13.0. The van der Waals surface area contributed by atoms with E-state index in [1.54, 1.807) is 26.5 Å². The fourth-order valence-corrected chi connectivity index (χ4v) is 6.53. The molecule has 0 spiro atoms. The van der Waals surface area contributed by atoms with E-state index in [0.717, 1.165) is 23.1 Å². The Morgan fingerprint density at radius 1 is 0.804 bits per heavy atom. The van der Waals surface area contributed by atoms with Crippen LogP contribution in [0, 0.1) is 0 Å². The standard InChI is InChI=1S/C36H48N6O9/c1-26(27-8-10-29(11-9-27)42-23-28-5-2-3-6-30(28)35(42)49)34(48)37-12-4-7-31(36(50)51)41-19-17-38(21-22-43)13-14-39(24-32(44)45)15-16-40(18-20-41)25-33(46)47/h2-3,5-6,8-11,22,26,31H,4,7,12-21,23-25H2,1H3,(H,37,48)(H,44,45)(H,46,47)(H,50,51). The second kappa shape index (κ2) is 19.1. The lowest BCUT2D eigenvalue weighted by Crippen LogP contribution is -2.51. The summed E-state index contributed by atoms with van der Waals surface area (Å²) < 4.78 is 0. The molecule has 15 heteroatoms. The monoisotopic (exact) mass is 708 g/mol. The van der Waals surface area contributed by atoms with Crippen LogP contribution in [-0.2, 0) is 30.5 Å². The molecule has 2 amide bonds. The van der Waals surface area contributed by atoms with Crippen LogP contribution in [0.5, 0.6) is 0 Å². The molecule has 1 saturated heterocycles. The van der Waals surface area contributed by atoms with Gasteiger partial charge in [-0.3, -0.25) is 43.6 Å². The fourth-order valence-electron chi connectivity index (χ4n) is 6.53. The van der Waals surface area contributed by atoms with Gasteiger partial charge in [0.2, 0.25) is 5.91 Å². The molecule has 2 atom stereocenters. The summed E-state index contributed by atoms with van der Waals surface area (Å²) in [6.07, 6.45) is 1.36. The summed E-state index contributed by atoms with van der Waals surface area (Å²) in [5.41, 5.74) is 3.18. The number of rotatable bonds is 15. The number of carboxylic acids is 3. The predicted octanol–water partition coefficient (Wildman–Crippen LogP) is 0.890. The molecule has 1 fully saturated rings. The van der Waals surface area contributed by atoms with Gasteiger partial charge in [0, 0.05) is 70.2 Å². The molecule has 0 aliphatic carbocycles. The fraction of sp³-hybridized carbons (Fsp3) is 0.500. The van der Waals surface area contributed by atoms with E-state index >= 15 is 0 Å². The molecule has 4 rings (SSSR count). The van der Waals surface area contributed by atoms with E-state index in [-0.39, 0.29) is 64.0 Å². The number of anilines is 1. The molecule has 2 heterocycles. The zero-order chi connectivity index (χ0) is 36.9. The number of carboxylic acid groups (broad SMARTS) is 3. The highest BCUT2D eigenvalue weighted by Gasteiger charge is 2.29. The number of hydrogen-bond donors (Lipinski definition) is 4. The first-order valence-corrected chi connectivity index (χ1v) is 17.3. The Kier molecular flexibility index (Phi) is 14.6. The highest BCUT2D eigenvalue weighted by atomic mass is 16.4. The van der Waals surface area contributed by atoms with Crippen molar-refractivity contribution in [2.45, 2.75) is 38.3 Å². The lowest BCUT2D eigenvalue weighted by atomic mass is 9.99. The molecule has 4 N–H and O–H groups in total. The van der Waals surface area contributed by atoms with E-state index in [0.29, 0.717) is 51.3 Å². The molecule has 2 aliphatic rings. The molecule has 51 heavy (non-hydrogen) atoms. The number of nitrogens with one attached hydrogen (secondary N) is 1. The summed E-state index contributed by atoms with van der Waals surface area (Å²) in [6, 6.07) is 13.9. The molecule has 0 saturated carbocycles. The average Bonchev–Trinajstić information content (AvgIpc) is 3.43. The first kappa shape index (κ1) is 39.1. The van der Waals surface area contributed by atoms with E-state index in [4.69, 9.17) is 0 Å². The Morgan fingerprint density at radius 2 is 1.37 bits per heavy atom. The van der Waals surface area contributed by atoms with Gasteiger partial charge >= 0.3 is 17.9 Å². The molecule has 2 aromatic rings. The highest BCUT2D eigenvalue weighted by molar-refractivity contribution is 6.10. The third kappa shape index (κ3) is 11.4. The molecular weight excluding hydrogens is 660 g/mol. The first-order valence-electron chi connectivity index (χ1n) is 17.3. The van der Waals surface area contributed by atoms with Gasteiger partial charge in [0.25, 0.3) is 5.91 Å². The molecule has 2 unspecified atom stereocenters. The Labute approximate surface area is 297 Å². The zero-order valence-electron chi connectivity index (χ0n) is 29.0. The molecule has 0 bridgehead atoms. The van der Waals surface area contributed by atoms with Crippen molar-refractivity contribution in [2.75, 3.05) is 83.4 Å². The molecule has 0 aromatic heterocycles.